The first-order valence-corrected chi connectivity index (χ1v) is 13.3. The van der Waals surface area contributed by atoms with Crippen molar-refractivity contribution in [1.29, 1.82) is 0 Å². The number of rotatable bonds is 12. The largest absolute Gasteiger partial charge is 0.493 e. The van der Waals surface area contributed by atoms with E-state index in [4.69, 9.17) is 18.9 Å². The quantitative estimate of drug-likeness (QED) is 0.332. The maximum absolute atomic E-state index is 6.16. The fraction of sp³-hybridized carbons (Fsp3) is 0.500. The summed E-state index contributed by atoms with van der Waals surface area (Å²) < 4.78 is 26.1. The molecule has 0 N–H and O–H groups in total. The molecule has 1 unspecified atom stereocenters. The highest BCUT2D eigenvalue weighted by atomic mass is 16.5. The van der Waals surface area contributed by atoms with E-state index in [1.165, 1.54) is 11.1 Å². The molecule has 1 atom stereocenters. The van der Waals surface area contributed by atoms with Crippen molar-refractivity contribution in [3.8, 4) is 17.2 Å². The average Bonchev–Trinajstić information content (AvgIpc) is 3.28. The Morgan fingerprint density at radius 3 is 2.57 bits per heavy atom. The summed E-state index contributed by atoms with van der Waals surface area (Å²) in [5, 5.41) is 0. The molecule has 0 bridgehead atoms. The molecular weight excluding hydrogens is 466 g/mol. The third-order valence-electron chi connectivity index (χ3n) is 7.29. The molecule has 0 radical (unpaired) electrons. The van der Waals surface area contributed by atoms with E-state index in [2.05, 4.69) is 52.6 Å². The van der Waals surface area contributed by atoms with Crippen LogP contribution < -0.4 is 14.2 Å². The van der Waals surface area contributed by atoms with Crippen LogP contribution in [0, 0.1) is 6.92 Å². The average molecular weight is 508 g/mol. The minimum Gasteiger partial charge on any atom is -0.493 e. The Morgan fingerprint density at radius 2 is 1.81 bits per heavy atom. The summed E-state index contributed by atoms with van der Waals surface area (Å²) in [6.45, 7) is 8.92. The van der Waals surface area contributed by atoms with Gasteiger partial charge in [0.05, 0.1) is 13.7 Å². The highest BCUT2D eigenvalue weighted by Gasteiger charge is 2.33. The van der Waals surface area contributed by atoms with Gasteiger partial charge in [-0.3, -0.25) is 4.90 Å². The van der Waals surface area contributed by atoms with Crippen LogP contribution in [-0.4, -0.2) is 60.6 Å². The van der Waals surface area contributed by atoms with Crippen LogP contribution >= 0.6 is 0 Å². The highest BCUT2D eigenvalue weighted by molar-refractivity contribution is 5.43. The Labute approximate surface area is 221 Å². The van der Waals surface area contributed by atoms with Crippen LogP contribution in [0.25, 0.3) is 0 Å². The molecule has 2 heterocycles. The lowest BCUT2D eigenvalue weighted by Crippen LogP contribution is -2.39. The van der Waals surface area contributed by atoms with Gasteiger partial charge in [0.15, 0.2) is 11.5 Å². The first-order valence-electron chi connectivity index (χ1n) is 13.3. The topological polar surface area (TPSA) is 58.0 Å². The number of nitrogens with zero attached hydrogens (tertiary/aromatic N) is 3. The SMILES string of the molecule is CCc1nccn1CCOc1cc(CN2CCCC(COc3ccc(C)cc3)(OC)CC2)ccc1OC. The minimum absolute atomic E-state index is 0.265. The van der Waals surface area contributed by atoms with Crippen molar-refractivity contribution in [2.75, 3.05) is 40.5 Å². The van der Waals surface area contributed by atoms with Crippen molar-refractivity contribution in [2.24, 2.45) is 0 Å². The standard InChI is InChI=1S/C30H41N3O4/c1-5-29-31-15-18-33(29)19-20-36-28-21-25(9-12-27(28)34-3)22-32-16-6-13-30(35-4,14-17-32)23-37-26-10-7-24(2)8-11-26/h7-12,15,18,21H,5-6,13-14,16-17,19-20,22-23H2,1-4H3. The number of methoxy groups -OCH3 is 2. The van der Waals surface area contributed by atoms with Crippen LogP contribution in [0.4, 0.5) is 0 Å². The predicted octanol–water partition coefficient (Wildman–Crippen LogP) is 5.29. The fourth-order valence-electron chi connectivity index (χ4n) is 4.94. The zero-order chi connectivity index (χ0) is 26.1. The Morgan fingerprint density at radius 1 is 0.973 bits per heavy atom. The van der Waals surface area contributed by atoms with Gasteiger partial charge in [0, 0.05) is 39.0 Å². The van der Waals surface area contributed by atoms with Gasteiger partial charge in [-0.05, 0) is 62.6 Å². The summed E-state index contributed by atoms with van der Waals surface area (Å²) in [7, 11) is 3.50. The Balaban J connectivity index is 1.33. The van der Waals surface area contributed by atoms with E-state index in [0.29, 0.717) is 13.2 Å². The lowest BCUT2D eigenvalue weighted by molar-refractivity contribution is -0.0541. The first kappa shape index (κ1) is 27.0. The van der Waals surface area contributed by atoms with Gasteiger partial charge in [0.2, 0.25) is 0 Å². The zero-order valence-electron chi connectivity index (χ0n) is 22.7. The molecule has 200 valence electrons. The lowest BCUT2D eigenvalue weighted by Gasteiger charge is -2.31. The van der Waals surface area contributed by atoms with Crippen molar-refractivity contribution in [3.63, 3.8) is 0 Å². The smallest absolute Gasteiger partial charge is 0.161 e. The molecule has 0 amide bonds. The van der Waals surface area contributed by atoms with Crippen molar-refractivity contribution in [1.82, 2.24) is 14.5 Å². The highest BCUT2D eigenvalue weighted by Crippen LogP contribution is 2.31. The predicted molar refractivity (Wildman–Crippen MR) is 146 cm³/mol. The molecule has 1 aliphatic rings. The third-order valence-corrected chi connectivity index (χ3v) is 7.29. The van der Waals surface area contributed by atoms with Gasteiger partial charge in [-0.15, -0.1) is 0 Å². The molecule has 1 aliphatic heterocycles. The van der Waals surface area contributed by atoms with Gasteiger partial charge in [0.25, 0.3) is 0 Å². The van der Waals surface area contributed by atoms with E-state index in [-0.39, 0.29) is 5.60 Å². The summed E-state index contributed by atoms with van der Waals surface area (Å²) in [4.78, 5) is 6.88. The van der Waals surface area contributed by atoms with Crippen LogP contribution in [0.5, 0.6) is 17.2 Å². The Kier molecular flexibility index (Phi) is 9.47. The molecule has 1 aromatic heterocycles. The van der Waals surface area contributed by atoms with Gasteiger partial charge >= 0.3 is 0 Å². The molecule has 7 nitrogen and oxygen atoms in total. The second-order valence-electron chi connectivity index (χ2n) is 9.84. The molecule has 0 spiro atoms. The van der Waals surface area contributed by atoms with Gasteiger partial charge in [-0.2, -0.15) is 0 Å². The van der Waals surface area contributed by atoms with Crippen molar-refractivity contribution >= 4 is 0 Å². The normalized spacial score (nSPS) is 18.4. The lowest BCUT2D eigenvalue weighted by atomic mass is 9.95. The summed E-state index contributed by atoms with van der Waals surface area (Å²) in [6, 6.07) is 14.5. The van der Waals surface area contributed by atoms with Crippen LogP contribution in [0.3, 0.4) is 0 Å². The summed E-state index contributed by atoms with van der Waals surface area (Å²) in [5.74, 6) is 3.51. The van der Waals surface area contributed by atoms with E-state index in [9.17, 15) is 0 Å². The molecule has 1 fully saturated rings. The van der Waals surface area contributed by atoms with E-state index >= 15 is 0 Å². The summed E-state index contributed by atoms with van der Waals surface area (Å²) >= 11 is 0. The van der Waals surface area contributed by atoms with Gasteiger partial charge in [-0.25, -0.2) is 4.98 Å². The van der Waals surface area contributed by atoms with Crippen LogP contribution in [0.1, 0.15) is 43.1 Å². The van der Waals surface area contributed by atoms with Crippen molar-refractivity contribution in [2.45, 2.75) is 58.2 Å². The van der Waals surface area contributed by atoms with Crippen molar-refractivity contribution < 1.29 is 18.9 Å². The zero-order valence-corrected chi connectivity index (χ0v) is 22.7. The maximum atomic E-state index is 6.16. The number of likely N-dealkylation sites (tertiary alicyclic amines) is 1. The van der Waals surface area contributed by atoms with Crippen molar-refractivity contribution in [3.05, 3.63) is 71.8 Å². The van der Waals surface area contributed by atoms with Gasteiger partial charge in [0.1, 0.15) is 30.4 Å². The molecule has 1 saturated heterocycles. The number of hydrogen-bond donors (Lipinski definition) is 0. The van der Waals surface area contributed by atoms with Gasteiger partial charge in [-0.1, -0.05) is 30.7 Å². The third kappa shape index (κ3) is 7.27. The van der Waals surface area contributed by atoms with Crippen LogP contribution in [-0.2, 0) is 24.2 Å². The second-order valence-corrected chi connectivity index (χ2v) is 9.84. The molecule has 2 aromatic carbocycles. The number of benzene rings is 2. The van der Waals surface area contributed by atoms with E-state index in [0.717, 1.165) is 74.9 Å². The Bertz CT molecular complexity index is 1110. The van der Waals surface area contributed by atoms with E-state index in [1.807, 2.05) is 37.7 Å². The number of hydrogen-bond acceptors (Lipinski definition) is 6. The molecule has 37 heavy (non-hydrogen) atoms. The molecule has 0 saturated carbocycles. The second kappa shape index (κ2) is 13.0. The molecule has 0 aliphatic carbocycles. The summed E-state index contributed by atoms with van der Waals surface area (Å²) in [5.41, 5.74) is 2.18. The van der Waals surface area contributed by atoms with E-state index in [1.54, 1.807) is 7.11 Å². The monoisotopic (exact) mass is 507 g/mol. The summed E-state index contributed by atoms with van der Waals surface area (Å²) in [6.07, 6.45) is 7.73. The minimum atomic E-state index is -0.265. The fourth-order valence-corrected chi connectivity index (χ4v) is 4.94. The number of aromatic nitrogens is 2. The molecule has 7 heteroatoms. The van der Waals surface area contributed by atoms with E-state index < -0.39 is 0 Å². The van der Waals surface area contributed by atoms with Crippen LogP contribution in [0.2, 0.25) is 0 Å². The first-order chi connectivity index (χ1) is 18.0. The van der Waals surface area contributed by atoms with Gasteiger partial charge < -0.3 is 23.5 Å². The molecule has 3 aromatic rings. The Hall–Kier alpha value is -3.03. The number of imidazole rings is 1. The van der Waals surface area contributed by atoms with Crippen LogP contribution in [0.15, 0.2) is 54.9 Å². The number of aryl methyl sites for hydroxylation is 2. The molecular formula is C30H41N3O4. The molecule has 4 rings (SSSR count). The number of ether oxygens (including phenoxy) is 4. The maximum Gasteiger partial charge on any atom is 0.161 e.